The number of para-hydroxylation sites is 1. The number of nitrogens with zero attached hydrogens (tertiary/aromatic N) is 2. The first-order chi connectivity index (χ1) is 12.1. The molecule has 0 unspecified atom stereocenters. The summed E-state index contributed by atoms with van der Waals surface area (Å²) in [5.41, 5.74) is 3.13. The molecule has 0 fully saturated rings. The zero-order valence-corrected chi connectivity index (χ0v) is 14.9. The molecule has 0 spiro atoms. The van der Waals surface area contributed by atoms with E-state index in [0.717, 1.165) is 42.2 Å². The number of pyridine rings is 1. The molecule has 0 radical (unpaired) electrons. The number of amides is 1. The fourth-order valence-electron chi connectivity index (χ4n) is 3.12. The number of aryl methyl sites for hydroxylation is 1. The molecule has 5 heteroatoms. The molecule has 1 N–H and O–H groups in total. The summed E-state index contributed by atoms with van der Waals surface area (Å²) in [6.07, 6.45) is 0.735. The molecule has 2 aromatic rings. The summed E-state index contributed by atoms with van der Waals surface area (Å²) in [4.78, 5) is 19.0. The van der Waals surface area contributed by atoms with E-state index in [0.29, 0.717) is 13.2 Å². The Bertz CT molecular complexity index is 732. The lowest BCUT2D eigenvalue weighted by Crippen LogP contribution is -2.42. The number of ether oxygens (including phenoxy) is 1. The average Bonchev–Trinajstić information content (AvgIpc) is 2.76. The van der Waals surface area contributed by atoms with Crippen LogP contribution >= 0.6 is 0 Å². The molecule has 0 saturated carbocycles. The van der Waals surface area contributed by atoms with E-state index in [1.165, 1.54) is 0 Å². The van der Waals surface area contributed by atoms with E-state index in [4.69, 9.17) is 4.74 Å². The molecular weight excluding hydrogens is 314 g/mol. The van der Waals surface area contributed by atoms with Gasteiger partial charge in [0.25, 0.3) is 0 Å². The summed E-state index contributed by atoms with van der Waals surface area (Å²) < 4.78 is 5.75. The fraction of sp³-hybridized carbons (Fsp3) is 0.400. The quantitative estimate of drug-likeness (QED) is 0.908. The summed E-state index contributed by atoms with van der Waals surface area (Å²) in [6, 6.07) is 14.0. The van der Waals surface area contributed by atoms with Gasteiger partial charge in [-0.2, -0.15) is 0 Å². The Morgan fingerprint density at radius 2 is 2.12 bits per heavy atom. The highest BCUT2D eigenvalue weighted by molar-refractivity contribution is 5.78. The Morgan fingerprint density at radius 3 is 2.96 bits per heavy atom. The molecule has 0 saturated heterocycles. The third-order valence-corrected chi connectivity index (χ3v) is 4.27. The number of carbonyl (C=O) groups excluding carboxylic acids is 1. The second-order valence-electron chi connectivity index (χ2n) is 6.61. The van der Waals surface area contributed by atoms with Crippen LogP contribution in [0.2, 0.25) is 0 Å². The van der Waals surface area contributed by atoms with Gasteiger partial charge in [0.2, 0.25) is 5.91 Å². The highest BCUT2D eigenvalue weighted by atomic mass is 16.5. The summed E-state index contributed by atoms with van der Waals surface area (Å²) in [5.74, 6) is 0.962. The number of rotatable bonds is 5. The lowest BCUT2D eigenvalue weighted by Gasteiger charge is -2.20. The zero-order chi connectivity index (χ0) is 17.6. The number of hydrogen-bond acceptors (Lipinski definition) is 4. The minimum absolute atomic E-state index is 0.0412. The van der Waals surface area contributed by atoms with E-state index in [1.54, 1.807) is 0 Å². The Morgan fingerprint density at radius 1 is 1.28 bits per heavy atom. The van der Waals surface area contributed by atoms with Gasteiger partial charge in [0.05, 0.1) is 6.54 Å². The lowest BCUT2D eigenvalue weighted by molar-refractivity contribution is -0.123. The molecule has 1 aliphatic rings. The molecule has 3 rings (SSSR count). The lowest BCUT2D eigenvalue weighted by atomic mass is 10.1. The predicted molar refractivity (Wildman–Crippen MR) is 97.5 cm³/mol. The standard InChI is InChI=1S/C20H25N3O2/c1-15-6-5-8-18(21-15)12-16(2)22-20(24)14-23-10-11-25-19-9-4-3-7-17(19)13-23/h3-9,16H,10-14H2,1-2H3,(H,22,24)/t16-/m0/s1. The molecule has 25 heavy (non-hydrogen) atoms. The number of nitrogens with one attached hydrogen (secondary N) is 1. The number of carbonyl (C=O) groups is 1. The molecule has 1 amide bonds. The van der Waals surface area contributed by atoms with Crippen LogP contribution in [0.1, 0.15) is 23.9 Å². The van der Waals surface area contributed by atoms with Crippen molar-refractivity contribution in [3.63, 3.8) is 0 Å². The Balaban J connectivity index is 1.52. The molecule has 1 aromatic carbocycles. The molecule has 5 nitrogen and oxygen atoms in total. The van der Waals surface area contributed by atoms with Crippen LogP contribution in [0.15, 0.2) is 42.5 Å². The predicted octanol–water partition coefficient (Wildman–Crippen LogP) is 2.33. The van der Waals surface area contributed by atoms with Crippen LogP contribution in [0.5, 0.6) is 5.75 Å². The Kier molecular flexibility index (Phi) is 5.66. The summed E-state index contributed by atoms with van der Waals surface area (Å²) in [6.45, 7) is 6.46. The van der Waals surface area contributed by atoms with E-state index in [-0.39, 0.29) is 11.9 Å². The molecule has 1 atom stereocenters. The second-order valence-corrected chi connectivity index (χ2v) is 6.61. The summed E-state index contributed by atoms with van der Waals surface area (Å²) in [7, 11) is 0. The number of benzene rings is 1. The maximum atomic E-state index is 12.4. The van der Waals surface area contributed by atoms with E-state index >= 15 is 0 Å². The molecule has 0 bridgehead atoms. The van der Waals surface area contributed by atoms with Crippen LogP contribution in [0, 0.1) is 6.92 Å². The van der Waals surface area contributed by atoms with E-state index in [2.05, 4.69) is 21.3 Å². The van der Waals surface area contributed by atoms with Crippen LogP contribution in [0.25, 0.3) is 0 Å². The maximum Gasteiger partial charge on any atom is 0.234 e. The van der Waals surface area contributed by atoms with Gasteiger partial charge in [-0.3, -0.25) is 14.7 Å². The summed E-state index contributed by atoms with van der Waals surface area (Å²) >= 11 is 0. The van der Waals surface area contributed by atoms with Gasteiger partial charge < -0.3 is 10.1 Å². The largest absolute Gasteiger partial charge is 0.492 e. The van der Waals surface area contributed by atoms with Crippen molar-refractivity contribution in [3.8, 4) is 5.75 Å². The second kappa shape index (κ2) is 8.12. The summed E-state index contributed by atoms with van der Waals surface area (Å²) in [5, 5.41) is 3.08. The normalized spacial score (nSPS) is 15.6. The minimum atomic E-state index is 0.0412. The van der Waals surface area contributed by atoms with E-state index in [1.807, 2.05) is 50.2 Å². The monoisotopic (exact) mass is 339 g/mol. The topological polar surface area (TPSA) is 54.5 Å². The Hall–Kier alpha value is -2.40. The van der Waals surface area contributed by atoms with Gasteiger partial charge in [0.1, 0.15) is 12.4 Å². The third-order valence-electron chi connectivity index (χ3n) is 4.27. The molecule has 2 heterocycles. The minimum Gasteiger partial charge on any atom is -0.492 e. The van der Waals surface area contributed by atoms with Crippen molar-refractivity contribution >= 4 is 5.91 Å². The van der Waals surface area contributed by atoms with Crippen molar-refractivity contribution in [2.24, 2.45) is 0 Å². The van der Waals surface area contributed by atoms with E-state index < -0.39 is 0 Å². The van der Waals surface area contributed by atoms with Gasteiger partial charge in [-0.1, -0.05) is 24.3 Å². The van der Waals surface area contributed by atoms with Crippen molar-refractivity contribution in [1.29, 1.82) is 0 Å². The van der Waals surface area contributed by atoms with Gasteiger partial charge in [-0.25, -0.2) is 0 Å². The van der Waals surface area contributed by atoms with Gasteiger partial charge in [0.15, 0.2) is 0 Å². The highest BCUT2D eigenvalue weighted by Gasteiger charge is 2.18. The van der Waals surface area contributed by atoms with Gasteiger partial charge >= 0.3 is 0 Å². The fourth-order valence-corrected chi connectivity index (χ4v) is 3.12. The van der Waals surface area contributed by atoms with Crippen LogP contribution in [0.4, 0.5) is 0 Å². The van der Waals surface area contributed by atoms with Crippen molar-refractivity contribution < 1.29 is 9.53 Å². The van der Waals surface area contributed by atoms with Crippen LogP contribution in [-0.2, 0) is 17.8 Å². The van der Waals surface area contributed by atoms with E-state index in [9.17, 15) is 4.79 Å². The maximum absolute atomic E-state index is 12.4. The molecule has 0 aliphatic carbocycles. The van der Waals surface area contributed by atoms with Gasteiger partial charge in [-0.05, 0) is 32.0 Å². The van der Waals surface area contributed by atoms with Crippen molar-refractivity contribution in [1.82, 2.24) is 15.2 Å². The first-order valence-corrected chi connectivity index (χ1v) is 8.75. The van der Waals surface area contributed by atoms with Crippen LogP contribution in [-0.4, -0.2) is 41.5 Å². The van der Waals surface area contributed by atoms with Crippen molar-refractivity contribution in [2.45, 2.75) is 32.9 Å². The van der Waals surface area contributed by atoms with Gasteiger partial charge in [-0.15, -0.1) is 0 Å². The number of fused-ring (bicyclic) bond motifs is 1. The number of aromatic nitrogens is 1. The highest BCUT2D eigenvalue weighted by Crippen LogP contribution is 2.22. The van der Waals surface area contributed by atoms with Crippen LogP contribution in [0.3, 0.4) is 0 Å². The van der Waals surface area contributed by atoms with Crippen LogP contribution < -0.4 is 10.1 Å². The van der Waals surface area contributed by atoms with Crippen molar-refractivity contribution in [2.75, 3.05) is 19.7 Å². The van der Waals surface area contributed by atoms with Crippen molar-refractivity contribution in [3.05, 3.63) is 59.4 Å². The van der Waals surface area contributed by atoms with Gasteiger partial charge in [0, 0.05) is 42.5 Å². The number of hydrogen-bond donors (Lipinski definition) is 1. The Labute approximate surface area is 149 Å². The molecule has 1 aliphatic heterocycles. The SMILES string of the molecule is Cc1cccc(C[C@H](C)NC(=O)CN2CCOc3ccccc3C2)n1. The average molecular weight is 339 g/mol. The molecule has 132 valence electrons. The smallest absolute Gasteiger partial charge is 0.234 e. The first kappa shape index (κ1) is 17.4. The zero-order valence-electron chi connectivity index (χ0n) is 14.9. The molecular formula is C20H25N3O2. The third kappa shape index (κ3) is 5.03. The first-order valence-electron chi connectivity index (χ1n) is 8.75. The molecule has 1 aromatic heterocycles.